The molecule has 1 aromatic carbocycles. The minimum atomic E-state index is -0.624. The van der Waals surface area contributed by atoms with Crippen molar-refractivity contribution in [1.29, 1.82) is 0 Å². The van der Waals surface area contributed by atoms with E-state index < -0.39 is 5.82 Å². The summed E-state index contributed by atoms with van der Waals surface area (Å²) in [5, 5.41) is 9.17. The summed E-state index contributed by atoms with van der Waals surface area (Å²) in [7, 11) is 1.37. The molecule has 0 bridgehead atoms. The van der Waals surface area contributed by atoms with Crippen LogP contribution in [0.1, 0.15) is 23.2 Å². The van der Waals surface area contributed by atoms with Gasteiger partial charge in [0.05, 0.1) is 12.7 Å². The van der Waals surface area contributed by atoms with Crippen molar-refractivity contribution in [3.05, 3.63) is 29.6 Å². The third kappa shape index (κ3) is 2.87. The molecular weight excluding hydrogens is 249 g/mol. The predicted molar refractivity (Wildman–Crippen MR) is 68.7 cm³/mol. The molecule has 0 radical (unpaired) electrons. The summed E-state index contributed by atoms with van der Waals surface area (Å²) in [6.07, 6.45) is 1.74. The maximum atomic E-state index is 14.0. The normalized spacial score (nSPS) is 19.3. The summed E-state index contributed by atoms with van der Waals surface area (Å²) in [6.45, 7) is 1.14. The maximum Gasteiger partial charge on any atom is 0.256 e. The van der Waals surface area contributed by atoms with E-state index in [4.69, 9.17) is 9.84 Å². The number of rotatable bonds is 3. The van der Waals surface area contributed by atoms with Crippen molar-refractivity contribution in [2.45, 2.75) is 12.8 Å². The maximum absolute atomic E-state index is 14.0. The van der Waals surface area contributed by atoms with Crippen LogP contribution in [0.25, 0.3) is 0 Å². The molecule has 2 rings (SSSR count). The van der Waals surface area contributed by atoms with Gasteiger partial charge in [0.1, 0.15) is 0 Å². The van der Waals surface area contributed by atoms with Gasteiger partial charge in [-0.05, 0) is 30.9 Å². The Morgan fingerprint density at radius 2 is 2.37 bits per heavy atom. The number of carbonyl (C=O) groups is 1. The molecule has 0 aliphatic carbocycles. The summed E-state index contributed by atoms with van der Waals surface area (Å²) in [4.78, 5) is 13.9. The number of aliphatic hydroxyl groups is 1. The molecule has 1 amide bonds. The van der Waals surface area contributed by atoms with Crippen LogP contribution in [0.3, 0.4) is 0 Å². The van der Waals surface area contributed by atoms with Gasteiger partial charge in [0.25, 0.3) is 5.91 Å². The Morgan fingerprint density at radius 3 is 3.05 bits per heavy atom. The Balaban J connectivity index is 2.19. The largest absolute Gasteiger partial charge is 0.494 e. The van der Waals surface area contributed by atoms with Gasteiger partial charge in [-0.3, -0.25) is 4.79 Å². The van der Waals surface area contributed by atoms with E-state index in [1.807, 2.05) is 0 Å². The summed E-state index contributed by atoms with van der Waals surface area (Å²) in [6, 6.07) is 4.55. The van der Waals surface area contributed by atoms with Gasteiger partial charge in [0, 0.05) is 19.7 Å². The molecular formula is C14H18FNO3. The number of hydrogen-bond donors (Lipinski definition) is 1. The van der Waals surface area contributed by atoms with Crippen LogP contribution in [-0.2, 0) is 0 Å². The summed E-state index contributed by atoms with van der Waals surface area (Å²) >= 11 is 0. The molecule has 1 atom stereocenters. The van der Waals surface area contributed by atoms with E-state index in [1.165, 1.54) is 19.2 Å². The van der Waals surface area contributed by atoms with Crippen LogP contribution in [-0.4, -0.2) is 42.7 Å². The fourth-order valence-corrected chi connectivity index (χ4v) is 2.40. The Kier molecular flexibility index (Phi) is 4.37. The number of hydrogen-bond acceptors (Lipinski definition) is 3. The number of carbonyl (C=O) groups excluding carboxylic acids is 1. The van der Waals surface area contributed by atoms with E-state index in [1.54, 1.807) is 11.0 Å². The van der Waals surface area contributed by atoms with Gasteiger partial charge in [-0.15, -0.1) is 0 Å². The van der Waals surface area contributed by atoms with Gasteiger partial charge >= 0.3 is 0 Å². The van der Waals surface area contributed by atoms with Gasteiger partial charge in [-0.25, -0.2) is 4.39 Å². The van der Waals surface area contributed by atoms with Gasteiger partial charge < -0.3 is 14.7 Å². The second kappa shape index (κ2) is 6.02. The van der Waals surface area contributed by atoms with Gasteiger partial charge in [0.15, 0.2) is 11.6 Å². The molecule has 1 heterocycles. The average Bonchev–Trinajstić information content (AvgIpc) is 2.47. The van der Waals surface area contributed by atoms with Crippen LogP contribution in [0.4, 0.5) is 4.39 Å². The number of ether oxygens (including phenoxy) is 1. The second-order valence-corrected chi connectivity index (χ2v) is 4.76. The Morgan fingerprint density at radius 1 is 1.58 bits per heavy atom. The first-order valence-corrected chi connectivity index (χ1v) is 6.40. The summed E-state index contributed by atoms with van der Waals surface area (Å²) in [5.41, 5.74) is 0.0259. The first-order valence-electron chi connectivity index (χ1n) is 6.40. The van der Waals surface area contributed by atoms with E-state index in [9.17, 15) is 9.18 Å². The number of aliphatic hydroxyl groups excluding tert-OH is 1. The van der Waals surface area contributed by atoms with E-state index in [2.05, 4.69) is 0 Å². The molecule has 1 aromatic rings. The van der Waals surface area contributed by atoms with Crippen LogP contribution >= 0.6 is 0 Å². The van der Waals surface area contributed by atoms with Crippen molar-refractivity contribution in [3.63, 3.8) is 0 Å². The summed E-state index contributed by atoms with van der Waals surface area (Å²) < 4.78 is 18.9. The highest BCUT2D eigenvalue weighted by molar-refractivity contribution is 5.95. The van der Waals surface area contributed by atoms with Crippen LogP contribution in [0.5, 0.6) is 5.75 Å². The zero-order valence-electron chi connectivity index (χ0n) is 10.9. The summed E-state index contributed by atoms with van der Waals surface area (Å²) in [5.74, 6) is -0.802. The number of benzene rings is 1. The Bertz CT molecular complexity index is 464. The molecule has 1 aliphatic rings. The van der Waals surface area contributed by atoms with E-state index in [-0.39, 0.29) is 29.7 Å². The molecule has 0 saturated carbocycles. The van der Waals surface area contributed by atoms with E-state index in [0.29, 0.717) is 13.1 Å². The van der Waals surface area contributed by atoms with Crippen LogP contribution in [0.2, 0.25) is 0 Å². The molecule has 0 aromatic heterocycles. The standard InChI is InChI=1S/C14H18FNO3/c1-19-12-6-2-5-11(13(12)15)14(18)16-7-3-4-10(8-16)9-17/h2,5-6,10,17H,3-4,7-9H2,1H3. The molecule has 1 fully saturated rings. The molecule has 1 aliphatic heterocycles. The molecule has 1 N–H and O–H groups in total. The fraction of sp³-hybridized carbons (Fsp3) is 0.500. The monoisotopic (exact) mass is 267 g/mol. The lowest BCUT2D eigenvalue weighted by Gasteiger charge is -2.32. The van der Waals surface area contributed by atoms with Crippen molar-refractivity contribution in [2.24, 2.45) is 5.92 Å². The number of amides is 1. The first kappa shape index (κ1) is 13.8. The lowest BCUT2D eigenvalue weighted by Crippen LogP contribution is -2.41. The molecule has 1 unspecified atom stereocenters. The average molecular weight is 267 g/mol. The lowest BCUT2D eigenvalue weighted by atomic mass is 9.98. The molecule has 19 heavy (non-hydrogen) atoms. The number of likely N-dealkylation sites (tertiary alicyclic amines) is 1. The van der Waals surface area contributed by atoms with Crippen LogP contribution in [0.15, 0.2) is 18.2 Å². The van der Waals surface area contributed by atoms with Crippen molar-refractivity contribution < 1.29 is 19.0 Å². The second-order valence-electron chi connectivity index (χ2n) is 4.76. The number of methoxy groups -OCH3 is 1. The quantitative estimate of drug-likeness (QED) is 0.906. The molecule has 1 saturated heterocycles. The van der Waals surface area contributed by atoms with E-state index >= 15 is 0 Å². The Labute approximate surface area is 111 Å². The molecule has 5 heteroatoms. The zero-order valence-corrected chi connectivity index (χ0v) is 10.9. The van der Waals surface area contributed by atoms with Gasteiger partial charge in [-0.2, -0.15) is 0 Å². The molecule has 4 nitrogen and oxygen atoms in total. The number of piperidine rings is 1. The number of nitrogens with zero attached hydrogens (tertiary/aromatic N) is 1. The fourth-order valence-electron chi connectivity index (χ4n) is 2.40. The topological polar surface area (TPSA) is 49.8 Å². The SMILES string of the molecule is COc1cccc(C(=O)N2CCCC(CO)C2)c1F. The van der Waals surface area contributed by atoms with Crippen molar-refractivity contribution in [1.82, 2.24) is 4.90 Å². The van der Waals surface area contributed by atoms with Gasteiger partial charge in [-0.1, -0.05) is 6.07 Å². The van der Waals surface area contributed by atoms with Crippen LogP contribution < -0.4 is 4.74 Å². The van der Waals surface area contributed by atoms with Crippen molar-refractivity contribution >= 4 is 5.91 Å². The molecule has 0 spiro atoms. The third-order valence-electron chi connectivity index (χ3n) is 3.48. The smallest absolute Gasteiger partial charge is 0.256 e. The predicted octanol–water partition coefficient (Wildman–Crippen LogP) is 1.68. The van der Waals surface area contributed by atoms with E-state index in [0.717, 1.165) is 12.8 Å². The Hall–Kier alpha value is -1.62. The minimum Gasteiger partial charge on any atom is -0.494 e. The highest BCUT2D eigenvalue weighted by atomic mass is 19.1. The van der Waals surface area contributed by atoms with Crippen molar-refractivity contribution in [3.8, 4) is 5.75 Å². The minimum absolute atomic E-state index is 0.0259. The lowest BCUT2D eigenvalue weighted by molar-refractivity contribution is 0.0615. The highest BCUT2D eigenvalue weighted by Crippen LogP contribution is 2.23. The van der Waals surface area contributed by atoms with Crippen molar-refractivity contribution in [2.75, 3.05) is 26.8 Å². The van der Waals surface area contributed by atoms with Gasteiger partial charge in [0.2, 0.25) is 0 Å². The zero-order chi connectivity index (χ0) is 13.8. The third-order valence-corrected chi connectivity index (χ3v) is 3.48. The highest BCUT2D eigenvalue weighted by Gasteiger charge is 2.26. The number of halogens is 1. The first-order chi connectivity index (χ1) is 9.17. The molecule has 104 valence electrons. The van der Waals surface area contributed by atoms with Crippen LogP contribution in [0, 0.1) is 11.7 Å².